The molecular formula is C11H22N2OS. The van der Waals surface area contributed by atoms with Crippen molar-refractivity contribution in [3.8, 4) is 0 Å². The standard InChI is InChI=1S/C11H22N2OS/c1-3-10(12)11(14)13-8-4-6-9(15-2)7-5-8/h8-10H,3-7,12H2,1-2H3,(H,13,14). The van der Waals surface area contributed by atoms with Gasteiger partial charge < -0.3 is 11.1 Å². The summed E-state index contributed by atoms with van der Waals surface area (Å²) in [4.78, 5) is 11.6. The van der Waals surface area contributed by atoms with Crippen molar-refractivity contribution in [2.24, 2.45) is 5.73 Å². The summed E-state index contributed by atoms with van der Waals surface area (Å²) < 4.78 is 0. The molecule has 3 N–H and O–H groups in total. The number of carbonyl (C=O) groups excluding carboxylic acids is 1. The maximum absolute atomic E-state index is 11.6. The van der Waals surface area contributed by atoms with Crippen LogP contribution in [0.4, 0.5) is 0 Å². The lowest BCUT2D eigenvalue weighted by Crippen LogP contribution is -2.46. The smallest absolute Gasteiger partial charge is 0.237 e. The summed E-state index contributed by atoms with van der Waals surface area (Å²) in [5, 5.41) is 3.83. The van der Waals surface area contributed by atoms with Gasteiger partial charge in [-0.25, -0.2) is 0 Å². The summed E-state index contributed by atoms with van der Waals surface area (Å²) in [7, 11) is 0. The van der Waals surface area contributed by atoms with E-state index in [9.17, 15) is 4.79 Å². The molecule has 15 heavy (non-hydrogen) atoms. The molecule has 1 fully saturated rings. The van der Waals surface area contributed by atoms with Crippen molar-refractivity contribution < 1.29 is 4.79 Å². The van der Waals surface area contributed by atoms with E-state index in [4.69, 9.17) is 5.73 Å². The largest absolute Gasteiger partial charge is 0.352 e. The van der Waals surface area contributed by atoms with Gasteiger partial charge in [0.2, 0.25) is 5.91 Å². The topological polar surface area (TPSA) is 55.1 Å². The van der Waals surface area contributed by atoms with E-state index in [2.05, 4.69) is 11.6 Å². The Labute approximate surface area is 96.6 Å². The highest BCUT2D eigenvalue weighted by molar-refractivity contribution is 7.99. The van der Waals surface area contributed by atoms with Gasteiger partial charge in [0.05, 0.1) is 6.04 Å². The number of rotatable bonds is 4. The lowest BCUT2D eigenvalue weighted by molar-refractivity contribution is -0.123. The summed E-state index contributed by atoms with van der Waals surface area (Å²) in [6.07, 6.45) is 7.52. The Balaban J connectivity index is 2.26. The summed E-state index contributed by atoms with van der Waals surface area (Å²) in [6, 6.07) is 0.0294. The van der Waals surface area contributed by atoms with E-state index >= 15 is 0 Å². The van der Waals surface area contributed by atoms with Crippen LogP contribution in [-0.4, -0.2) is 29.5 Å². The van der Waals surface area contributed by atoms with Crippen LogP contribution in [0, 0.1) is 0 Å². The van der Waals surface area contributed by atoms with Crippen LogP contribution in [0.2, 0.25) is 0 Å². The number of hydrogen-bond acceptors (Lipinski definition) is 3. The first-order valence-corrected chi connectivity index (χ1v) is 7.05. The fraction of sp³-hybridized carbons (Fsp3) is 0.909. The molecule has 1 atom stereocenters. The summed E-state index contributed by atoms with van der Waals surface area (Å²) in [5.41, 5.74) is 5.67. The van der Waals surface area contributed by atoms with Crippen molar-refractivity contribution in [2.45, 2.75) is 56.4 Å². The molecule has 0 aromatic heterocycles. The first kappa shape index (κ1) is 12.8. The summed E-state index contributed by atoms with van der Waals surface area (Å²) in [5.74, 6) is 0.0186. The predicted octanol–water partition coefficient (Wildman–Crippen LogP) is 1.51. The molecule has 1 saturated carbocycles. The van der Waals surface area contributed by atoms with Crippen LogP contribution in [0.15, 0.2) is 0 Å². The highest BCUT2D eigenvalue weighted by Crippen LogP contribution is 2.26. The van der Waals surface area contributed by atoms with E-state index in [0.29, 0.717) is 12.5 Å². The average Bonchev–Trinajstić information content (AvgIpc) is 2.29. The third kappa shape index (κ3) is 4.03. The first-order valence-electron chi connectivity index (χ1n) is 5.76. The summed E-state index contributed by atoms with van der Waals surface area (Å²) in [6.45, 7) is 1.94. The molecule has 0 bridgehead atoms. The minimum atomic E-state index is -0.330. The minimum Gasteiger partial charge on any atom is -0.352 e. The van der Waals surface area contributed by atoms with E-state index in [1.807, 2.05) is 18.7 Å². The van der Waals surface area contributed by atoms with Crippen LogP contribution >= 0.6 is 11.8 Å². The van der Waals surface area contributed by atoms with E-state index in [1.165, 1.54) is 12.8 Å². The normalized spacial score (nSPS) is 28.5. The molecule has 0 aliphatic heterocycles. The zero-order chi connectivity index (χ0) is 11.3. The molecule has 1 rings (SSSR count). The van der Waals surface area contributed by atoms with Gasteiger partial charge in [-0.1, -0.05) is 6.92 Å². The fourth-order valence-electron chi connectivity index (χ4n) is 1.94. The number of nitrogens with one attached hydrogen (secondary N) is 1. The van der Waals surface area contributed by atoms with E-state index in [0.717, 1.165) is 18.1 Å². The highest BCUT2D eigenvalue weighted by atomic mass is 32.2. The zero-order valence-corrected chi connectivity index (χ0v) is 10.5. The molecule has 1 aliphatic carbocycles. The predicted molar refractivity (Wildman–Crippen MR) is 66.0 cm³/mol. The third-order valence-corrected chi connectivity index (χ3v) is 4.27. The van der Waals surface area contributed by atoms with Crippen molar-refractivity contribution in [3.63, 3.8) is 0 Å². The Kier molecular flexibility index (Phi) is 5.47. The Bertz CT molecular complexity index is 203. The number of nitrogens with two attached hydrogens (primary N) is 1. The lowest BCUT2D eigenvalue weighted by Gasteiger charge is -2.28. The second kappa shape index (κ2) is 6.38. The van der Waals surface area contributed by atoms with Gasteiger partial charge in [-0.15, -0.1) is 0 Å². The maximum atomic E-state index is 11.6. The van der Waals surface area contributed by atoms with Gasteiger partial charge in [0.1, 0.15) is 0 Å². The van der Waals surface area contributed by atoms with Crippen LogP contribution in [-0.2, 0) is 4.79 Å². The quantitative estimate of drug-likeness (QED) is 0.770. The molecule has 0 saturated heterocycles. The zero-order valence-electron chi connectivity index (χ0n) is 9.66. The fourth-order valence-corrected chi connectivity index (χ4v) is 2.68. The van der Waals surface area contributed by atoms with Crippen LogP contribution < -0.4 is 11.1 Å². The Morgan fingerprint density at radius 2 is 2.07 bits per heavy atom. The van der Waals surface area contributed by atoms with E-state index in [-0.39, 0.29) is 11.9 Å². The van der Waals surface area contributed by atoms with Crippen LogP contribution in [0.3, 0.4) is 0 Å². The molecule has 0 heterocycles. The number of thioether (sulfide) groups is 1. The van der Waals surface area contributed by atoms with Gasteiger partial charge in [0, 0.05) is 11.3 Å². The van der Waals surface area contributed by atoms with Gasteiger partial charge in [0.15, 0.2) is 0 Å². The number of carbonyl (C=O) groups is 1. The van der Waals surface area contributed by atoms with Crippen molar-refractivity contribution in [3.05, 3.63) is 0 Å². The molecule has 88 valence electrons. The molecule has 0 spiro atoms. The summed E-state index contributed by atoms with van der Waals surface area (Å²) >= 11 is 1.94. The molecule has 1 amide bonds. The molecule has 0 aromatic rings. The molecule has 1 unspecified atom stereocenters. The Hall–Kier alpha value is -0.220. The Morgan fingerprint density at radius 1 is 1.47 bits per heavy atom. The monoisotopic (exact) mass is 230 g/mol. The van der Waals surface area contributed by atoms with Crippen molar-refractivity contribution in [2.75, 3.05) is 6.26 Å². The van der Waals surface area contributed by atoms with Gasteiger partial charge in [-0.2, -0.15) is 11.8 Å². The molecule has 0 radical (unpaired) electrons. The van der Waals surface area contributed by atoms with Crippen molar-refractivity contribution in [1.82, 2.24) is 5.32 Å². The number of amides is 1. The minimum absolute atomic E-state index is 0.0186. The molecular weight excluding hydrogens is 208 g/mol. The van der Waals surface area contributed by atoms with Crippen LogP contribution in [0.1, 0.15) is 39.0 Å². The second-order valence-electron chi connectivity index (χ2n) is 4.23. The molecule has 0 aromatic carbocycles. The molecule has 3 nitrogen and oxygen atoms in total. The van der Waals surface area contributed by atoms with Gasteiger partial charge in [-0.3, -0.25) is 4.79 Å². The van der Waals surface area contributed by atoms with Crippen LogP contribution in [0.5, 0.6) is 0 Å². The molecule has 4 heteroatoms. The van der Waals surface area contributed by atoms with E-state index in [1.54, 1.807) is 0 Å². The van der Waals surface area contributed by atoms with Gasteiger partial charge >= 0.3 is 0 Å². The average molecular weight is 230 g/mol. The third-order valence-electron chi connectivity index (χ3n) is 3.13. The van der Waals surface area contributed by atoms with Gasteiger partial charge in [0.25, 0.3) is 0 Å². The van der Waals surface area contributed by atoms with E-state index < -0.39 is 0 Å². The lowest BCUT2D eigenvalue weighted by atomic mass is 9.94. The first-order chi connectivity index (χ1) is 7.17. The Morgan fingerprint density at radius 3 is 2.53 bits per heavy atom. The van der Waals surface area contributed by atoms with Gasteiger partial charge in [-0.05, 0) is 38.4 Å². The highest BCUT2D eigenvalue weighted by Gasteiger charge is 2.22. The second-order valence-corrected chi connectivity index (χ2v) is 5.37. The van der Waals surface area contributed by atoms with Crippen molar-refractivity contribution >= 4 is 17.7 Å². The SMILES string of the molecule is CCC(N)C(=O)NC1CCC(SC)CC1. The maximum Gasteiger partial charge on any atom is 0.237 e. The number of hydrogen-bond donors (Lipinski definition) is 2. The van der Waals surface area contributed by atoms with Crippen LogP contribution in [0.25, 0.3) is 0 Å². The van der Waals surface area contributed by atoms with Crippen molar-refractivity contribution in [1.29, 1.82) is 0 Å². The molecule has 1 aliphatic rings.